The Bertz CT molecular complexity index is 314. The van der Waals surface area contributed by atoms with E-state index in [4.69, 9.17) is 5.11 Å². The van der Waals surface area contributed by atoms with E-state index < -0.39 is 0 Å². The van der Waals surface area contributed by atoms with E-state index in [1.165, 1.54) is 11.3 Å². The first-order valence-corrected chi connectivity index (χ1v) is 5.89. The maximum atomic E-state index is 11.5. The Labute approximate surface area is 95.3 Å². The fourth-order valence-corrected chi connectivity index (χ4v) is 2.16. The fourth-order valence-electron chi connectivity index (χ4n) is 0.855. The van der Waals surface area contributed by atoms with Crippen LogP contribution in [0.4, 0.5) is 0 Å². The van der Waals surface area contributed by atoms with E-state index >= 15 is 0 Å². The highest BCUT2D eigenvalue weighted by molar-refractivity contribution is 9.11. The van der Waals surface area contributed by atoms with Gasteiger partial charge in [0.2, 0.25) is 0 Å². The number of thiophene rings is 1. The molecular weight excluding hydrogens is 266 g/mol. The number of hydrogen-bond donors (Lipinski definition) is 2. The van der Waals surface area contributed by atoms with E-state index in [9.17, 15) is 4.79 Å². The Kier molecular flexibility index (Phi) is 4.57. The average molecular weight is 278 g/mol. The van der Waals surface area contributed by atoms with Crippen LogP contribution in [0.25, 0.3) is 0 Å². The van der Waals surface area contributed by atoms with Crippen LogP contribution in [0.5, 0.6) is 0 Å². The molecule has 0 bridgehead atoms. The van der Waals surface area contributed by atoms with Crippen molar-refractivity contribution < 1.29 is 9.90 Å². The second kappa shape index (κ2) is 5.48. The van der Waals surface area contributed by atoms with Gasteiger partial charge in [-0.25, -0.2) is 0 Å². The topological polar surface area (TPSA) is 49.3 Å². The number of halogens is 1. The van der Waals surface area contributed by atoms with E-state index in [1.807, 2.05) is 13.0 Å². The molecule has 1 atom stereocenters. The van der Waals surface area contributed by atoms with Crippen molar-refractivity contribution in [3.63, 3.8) is 0 Å². The lowest BCUT2D eigenvalue weighted by Crippen LogP contribution is -2.28. The molecule has 1 amide bonds. The molecule has 14 heavy (non-hydrogen) atoms. The molecule has 1 heterocycles. The highest BCUT2D eigenvalue weighted by atomic mass is 79.9. The van der Waals surface area contributed by atoms with Gasteiger partial charge in [0.25, 0.3) is 5.91 Å². The number of nitrogens with one attached hydrogen (secondary N) is 1. The molecule has 0 aliphatic heterocycles. The summed E-state index contributed by atoms with van der Waals surface area (Å²) in [6.45, 7) is 2.48. The number of hydrogen-bond acceptors (Lipinski definition) is 3. The van der Waals surface area contributed by atoms with Crippen LogP contribution in [0.1, 0.15) is 16.6 Å². The first kappa shape index (κ1) is 11.7. The second-order valence-corrected chi connectivity index (χ2v) is 5.56. The van der Waals surface area contributed by atoms with Gasteiger partial charge in [0.15, 0.2) is 0 Å². The Morgan fingerprint density at radius 3 is 2.93 bits per heavy atom. The Hall–Kier alpha value is -0.390. The Morgan fingerprint density at radius 1 is 1.71 bits per heavy atom. The summed E-state index contributed by atoms with van der Waals surface area (Å²) < 4.78 is 0.942. The molecule has 1 aromatic heterocycles. The first-order chi connectivity index (χ1) is 6.63. The van der Waals surface area contributed by atoms with Crippen LogP contribution in [-0.2, 0) is 0 Å². The van der Waals surface area contributed by atoms with Crippen molar-refractivity contribution in [1.82, 2.24) is 5.32 Å². The molecule has 2 N–H and O–H groups in total. The van der Waals surface area contributed by atoms with Crippen LogP contribution in [0.15, 0.2) is 15.9 Å². The lowest BCUT2D eigenvalue weighted by molar-refractivity contribution is 0.0946. The zero-order valence-corrected chi connectivity index (χ0v) is 10.2. The van der Waals surface area contributed by atoms with E-state index in [-0.39, 0.29) is 18.4 Å². The van der Waals surface area contributed by atoms with Crippen LogP contribution < -0.4 is 5.32 Å². The third kappa shape index (κ3) is 3.40. The van der Waals surface area contributed by atoms with Gasteiger partial charge in [0.1, 0.15) is 0 Å². The quantitative estimate of drug-likeness (QED) is 0.883. The van der Waals surface area contributed by atoms with Gasteiger partial charge < -0.3 is 10.4 Å². The van der Waals surface area contributed by atoms with Gasteiger partial charge in [-0.1, -0.05) is 6.92 Å². The van der Waals surface area contributed by atoms with Crippen molar-refractivity contribution in [2.75, 3.05) is 13.2 Å². The molecule has 78 valence electrons. The predicted octanol–water partition coefficient (Wildman–Crippen LogP) is 1.87. The third-order valence-electron chi connectivity index (χ3n) is 1.72. The van der Waals surface area contributed by atoms with Gasteiger partial charge in [0.05, 0.1) is 8.66 Å². The minimum absolute atomic E-state index is 0.0824. The molecule has 0 spiro atoms. The second-order valence-electron chi connectivity index (χ2n) is 3.10. The number of rotatable bonds is 4. The van der Waals surface area contributed by atoms with Crippen molar-refractivity contribution in [1.29, 1.82) is 0 Å². The van der Waals surface area contributed by atoms with E-state index in [2.05, 4.69) is 21.2 Å². The largest absolute Gasteiger partial charge is 0.396 e. The standard InChI is InChI=1S/C9H12BrNO2S/c1-6(5-12)4-11-9(13)7-2-3-8(10)14-7/h2-3,6,12H,4-5H2,1H3,(H,11,13). The predicted molar refractivity (Wildman–Crippen MR) is 60.6 cm³/mol. The maximum absolute atomic E-state index is 11.5. The smallest absolute Gasteiger partial charge is 0.261 e. The highest BCUT2D eigenvalue weighted by Gasteiger charge is 2.09. The normalized spacial score (nSPS) is 12.5. The molecule has 0 fully saturated rings. The summed E-state index contributed by atoms with van der Waals surface area (Å²) in [7, 11) is 0. The summed E-state index contributed by atoms with van der Waals surface area (Å²) in [5.41, 5.74) is 0. The summed E-state index contributed by atoms with van der Waals surface area (Å²) in [4.78, 5) is 12.2. The highest BCUT2D eigenvalue weighted by Crippen LogP contribution is 2.21. The van der Waals surface area contributed by atoms with Gasteiger partial charge in [0, 0.05) is 13.2 Å². The molecular formula is C9H12BrNO2S. The molecule has 0 radical (unpaired) electrons. The van der Waals surface area contributed by atoms with Crippen LogP contribution in [-0.4, -0.2) is 24.2 Å². The molecule has 1 unspecified atom stereocenters. The van der Waals surface area contributed by atoms with Gasteiger partial charge in [-0.15, -0.1) is 11.3 Å². The van der Waals surface area contributed by atoms with E-state index in [1.54, 1.807) is 6.07 Å². The van der Waals surface area contributed by atoms with Crippen molar-refractivity contribution in [3.8, 4) is 0 Å². The molecule has 0 aliphatic rings. The van der Waals surface area contributed by atoms with Gasteiger partial charge in [-0.3, -0.25) is 4.79 Å². The number of amides is 1. The van der Waals surface area contributed by atoms with E-state index in [0.717, 1.165) is 3.79 Å². The van der Waals surface area contributed by atoms with Crippen molar-refractivity contribution in [3.05, 3.63) is 20.8 Å². The number of carbonyl (C=O) groups is 1. The zero-order valence-electron chi connectivity index (χ0n) is 7.79. The van der Waals surface area contributed by atoms with Crippen LogP contribution >= 0.6 is 27.3 Å². The van der Waals surface area contributed by atoms with Crippen molar-refractivity contribution in [2.24, 2.45) is 5.92 Å². The molecule has 3 nitrogen and oxygen atoms in total. The SMILES string of the molecule is CC(CO)CNC(=O)c1ccc(Br)s1. The molecule has 1 rings (SSSR count). The number of aliphatic hydroxyl groups excluding tert-OH is 1. The third-order valence-corrected chi connectivity index (χ3v) is 3.34. The van der Waals surface area contributed by atoms with Crippen molar-refractivity contribution >= 4 is 33.2 Å². The molecule has 0 aromatic carbocycles. The lowest BCUT2D eigenvalue weighted by atomic mass is 10.2. The zero-order chi connectivity index (χ0) is 10.6. The summed E-state index contributed by atoms with van der Waals surface area (Å²) in [5, 5.41) is 11.5. The first-order valence-electron chi connectivity index (χ1n) is 4.28. The summed E-state index contributed by atoms with van der Waals surface area (Å²) in [6, 6.07) is 3.61. The minimum Gasteiger partial charge on any atom is -0.396 e. The number of aliphatic hydroxyl groups is 1. The molecule has 0 aliphatic carbocycles. The van der Waals surface area contributed by atoms with Crippen molar-refractivity contribution in [2.45, 2.75) is 6.92 Å². The monoisotopic (exact) mass is 277 g/mol. The van der Waals surface area contributed by atoms with Gasteiger partial charge in [-0.2, -0.15) is 0 Å². The van der Waals surface area contributed by atoms with Gasteiger partial charge in [-0.05, 0) is 34.0 Å². The van der Waals surface area contributed by atoms with Gasteiger partial charge >= 0.3 is 0 Å². The lowest BCUT2D eigenvalue weighted by Gasteiger charge is -2.08. The Balaban J connectivity index is 2.43. The molecule has 5 heteroatoms. The summed E-state index contributed by atoms with van der Waals surface area (Å²) in [5.74, 6) is 0.0170. The molecule has 0 saturated heterocycles. The number of carbonyl (C=O) groups excluding carboxylic acids is 1. The van der Waals surface area contributed by atoms with Crippen LogP contribution in [0.3, 0.4) is 0 Å². The maximum Gasteiger partial charge on any atom is 0.261 e. The van der Waals surface area contributed by atoms with Crippen LogP contribution in [0.2, 0.25) is 0 Å². The molecule has 0 saturated carbocycles. The summed E-state index contributed by atoms with van der Waals surface area (Å²) >= 11 is 4.69. The Morgan fingerprint density at radius 2 is 2.43 bits per heavy atom. The fraction of sp³-hybridized carbons (Fsp3) is 0.444. The van der Waals surface area contributed by atoms with Crippen LogP contribution in [0, 0.1) is 5.92 Å². The molecule has 1 aromatic rings. The summed E-state index contributed by atoms with van der Waals surface area (Å²) in [6.07, 6.45) is 0. The van der Waals surface area contributed by atoms with E-state index in [0.29, 0.717) is 11.4 Å². The minimum atomic E-state index is -0.0824. The average Bonchev–Trinajstić information content (AvgIpc) is 2.60.